The zero-order valence-electron chi connectivity index (χ0n) is 13.9. The molecule has 0 fully saturated rings. The fourth-order valence-corrected chi connectivity index (χ4v) is 2.98. The molecule has 0 spiro atoms. The molecule has 0 aliphatic rings. The van der Waals surface area contributed by atoms with Crippen molar-refractivity contribution in [2.45, 2.75) is 19.6 Å². The van der Waals surface area contributed by atoms with E-state index in [9.17, 15) is 23.1 Å². The standard InChI is InChI=1S/C17H13F3N4O2S/c1-9-5-22-15(27-9)12-2-11(3-13(25)4-12)14(26)21-6-10-7-23-16(24-8-10)17(18,19)20/h2-5,7-8,25H,6H2,1H3,(H,21,26). The number of nitrogens with zero attached hydrogens (tertiary/aromatic N) is 3. The monoisotopic (exact) mass is 394 g/mol. The largest absolute Gasteiger partial charge is 0.508 e. The molecule has 0 saturated heterocycles. The molecular formula is C17H13F3N4O2S. The molecule has 3 aromatic rings. The van der Waals surface area contributed by atoms with Crippen molar-refractivity contribution in [3.63, 3.8) is 0 Å². The number of amides is 1. The van der Waals surface area contributed by atoms with Crippen molar-refractivity contribution < 1.29 is 23.1 Å². The zero-order valence-corrected chi connectivity index (χ0v) is 14.7. The molecule has 27 heavy (non-hydrogen) atoms. The third kappa shape index (κ3) is 4.59. The number of hydrogen-bond acceptors (Lipinski definition) is 6. The number of carbonyl (C=O) groups is 1. The number of benzene rings is 1. The number of aromatic nitrogens is 3. The van der Waals surface area contributed by atoms with Crippen LogP contribution in [0.1, 0.15) is 26.6 Å². The third-order valence-electron chi connectivity index (χ3n) is 3.46. The second-order valence-electron chi connectivity index (χ2n) is 5.64. The highest BCUT2D eigenvalue weighted by Crippen LogP contribution is 2.29. The Balaban J connectivity index is 1.72. The van der Waals surface area contributed by atoms with Gasteiger partial charge in [0.2, 0.25) is 5.82 Å². The van der Waals surface area contributed by atoms with Crippen molar-refractivity contribution in [2.24, 2.45) is 0 Å². The number of halogens is 3. The van der Waals surface area contributed by atoms with Crippen LogP contribution in [0.3, 0.4) is 0 Å². The lowest BCUT2D eigenvalue weighted by molar-refractivity contribution is -0.145. The van der Waals surface area contributed by atoms with Crippen LogP contribution in [0.5, 0.6) is 5.75 Å². The van der Waals surface area contributed by atoms with Crippen molar-refractivity contribution in [2.75, 3.05) is 0 Å². The van der Waals surface area contributed by atoms with Crippen LogP contribution in [0.25, 0.3) is 10.6 Å². The molecule has 140 valence electrons. The Kier molecular flexibility index (Phi) is 5.08. The highest BCUT2D eigenvalue weighted by Gasteiger charge is 2.34. The summed E-state index contributed by atoms with van der Waals surface area (Å²) in [6, 6.07) is 4.37. The minimum absolute atomic E-state index is 0.0572. The highest BCUT2D eigenvalue weighted by atomic mass is 32.1. The van der Waals surface area contributed by atoms with Crippen molar-refractivity contribution in [3.8, 4) is 16.3 Å². The van der Waals surface area contributed by atoms with Gasteiger partial charge in [-0.3, -0.25) is 4.79 Å². The molecule has 2 aromatic heterocycles. The Labute approximate surface area is 155 Å². The predicted octanol–water partition coefficient (Wildman–Crippen LogP) is 3.56. The van der Waals surface area contributed by atoms with E-state index in [1.54, 1.807) is 12.3 Å². The summed E-state index contributed by atoms with van der Waals surface area (Å²) < 4.78 is 37.3. The molecule has 10 heteroatoms. The van der Waals surface area contributed by atoms with Gasteiger partial charge in [0, 0.05) is 46.7 Å². The van der Waals surface area contributed by atoms with Crippen molar-refractivity contribution >= 4 is 17.2 Å². The van der Waals surface area contributed by atoms with E-state index in [-0.39, 0.29) is 17.9 Å². The molecule has 1 amide bonds. The summed E-state index contributed by atoms with van der Waals surface area (Å²) in [6.45, 7) is 1.84. The van der Waals surface area contributed by atoms with Crippen LogP contribution in [0.2, 0.25) is 0 Å². The van der Waals surface area contributed by atoms with E-state index < -0.39 is 17.9 Å². The van der Waals surface area contributed by atoms with Gasteiger partial charge >= 0.3 is 6.18 Å². The van der Waals surface area contributed by atoms with Gasteiger partial charge in [-0.15, -0.1) is 11.3 Å². The quantitative estimate of drug-likeness (QED) is 0.706. The minimum atomic E-state index is -4.62. The Morgan fingerprint density at radius 3 is 2.44 bits per heavy atom. The van der Waals surface area contributed by atoms with Crippen LogP contribution in [-0.2, 0) is 12.7 Å². The van der Waals surface area contributed by atoms with E-state index in [4.69, 9.17) is 0 Å². The summed E-state index contributed by atoms with van der Waals surface area (Å²) in [4.78, 5) is 24.0. The van der Waals surface area contributed by atoms with E-state index in [0.717, 1.165) is 17.3 Å². The lowest BCUT2D eigenvalue weighted by atomic mass is 10.1. The first-order valence-corrected chi connectivity index (χ1v) is 8.47. The number of aromatic hydroxyl groups is 1. The van der Waals surface area contributed by atoms with Gasteiger partial charge in [0.25, 0.3) is 5.91 Å². The average molecular weight is 394 g/mol. The fraction of sp³-hybridized carbons (Fsp3) is 0.176. The summed E-state index contributed by atoms with van der Waals surface area (Å²) >= 11 is 1.42. The normalized spacial score (nSPS) is 11.4. The Morgan fingerprint density at radius 1 is 1.15 bits per heavy atom. The molecule has 1 aromatic carbocycles. The van der Waals surface area contributed by atoms with Gasteiger partial charge in [-0.05, 0) is 25.1 Å². The molecule has 0 radical (unpaired) electrons. The number of alkyl halides is 3. The SMILES string of the molecule is Cc1cnc(-c2cc(O)cc(C(=O)NCc3cnc(C(F)(F)F)nc3)c2)s1. The third-order valence-corrected chi connectivity index (χ3v) is 4.42. The number of phenols is 1. The van der Waals surface area contributed by atoms with E-state index in [1.807, 2.05) is 6.92 Å². The molecule has 0 aliphatic heterocycles. The van der Waals surface area contributed by atoms with Gasteiger partial charge in [-0.1, -0.05) is 0 Å². The second-order valence-corrected chi connectivity index (χ2v) is 6.87. The average Bonchev–Trinajstić information content (AvgIpc) is 3.05. The number of hydrogen-bond donors (Lipinski definition) is 2. The van der Waals surface area contributed by atoms with E-state index in [0.29, 0.717) is 16.1 Å². The molecule has 6 nitrogen and oxygen atoms in total. The van der Waals surface area contributed by atoms with Crippen LogP contribution in [0.4, 0.5) is 13.2 Å². The summed E-state index contributed by atoms with van der Waals surface area (Å²) in [5, 5.41) is 13.1. The van der Waals surface area contributed by atoms with E-state index in [1.165, 1.54) is 23.5 Å². The maximum Gasteiger partial charge on any atom is 0.451 e. The first-order valence-electron chi connectivity index (χ1n) is 7.65. The number of rotatable bonds is 4. The van der Waals surface area contributed by atoms with Gasteiger partial charge in [-0.2, -0.15) is 13.2 Å². The highest BCUT2D eigenvalue weighted by molar-refractivity contribution is 7.14. The maximum absolute atomic E-state index is 12.4. The van der Waals surface area contributed by atoms with Gasteiger partial charge in [-0.25, -0.2) is 15.0 Å². The van der Waals surface area contributed by atoms with E-state index in [2.05, 4.69) is 20.3 Å². The van der Waals surface area contributed by atoms with Crippen molar-refractivity contribution in [3.05, 3.63) is 58.6 Å². The Morgan fingerprint density at radius 2 is 1.85 bits per heavy atom. The van der Waals surface area contributed by atoms with Crippen LogP contribution in [-0.4, -0.2) is 26.0 Å². The maximum atomic E-state index is 12.4. The van der Waals surface area contributed by atoms with Crippen LogP contribution < -0.4 is 5.32 Å². The first kappa shape index (κ1) is 18.8. The van der Waals surface area contributed by atoms with Gasteiger partial charge in [0.1, 0.15) is 10.8 Å². The number of aryl methyl sites for hydroxylation is 1. The lowest BCUT2D eigenvalue weighted by Gasteiger charge is -2.08. The van der Waals surface area contributed by atoms with E-state index >= 15 is 0 Å². The summed E-state index contributed by atoms with van der Waals surface area (Å²) in [5.41, 5.74) is 1.11. The molecule has 0 bridgehead atoms. The molecule has 0 aliphatic carbocycles. The first-order chi connectivity index (χ1) is 12.7. The molecular weight excluding hydrogens is 381 g/mol. The molecule has 0 unspecified atom stereocenters. The van der Waals surface area contributed by atoms with Crippen LogP contribution >= 0.6 is 11.3 Å². The number of thiazole rings is 1. The molecule has 0 atom stereocenters. The molecule has 2 N–H and O–H groups in total. The second kappa shape index (κ2) is 7.31. The van der Waals surface area contributed by atoms with Crippen molar-refractivity contribution in [1.29, 1.82) is 0 Å². The molecule has 0 saturated carbocycles. The summed E-state index contributed by atoms with van der Waals surface area (Å²) in [5.74, 6) is -1.84. The van der Waals surface area contributed by atoms with Crippen molar-refractivity contribution in [1.82, 2.24) is 20.3 Å². The minimum Gasteiger partial charge on any atom is -0.508 e. The molecule has 3 rings (SSSR count). The van der Waals surface area contributed by atoms with Crippen LogP contribution in [0, 0.1) is 6.92 Å². The molecule has 2 heterocycles. The number of carbonyl (C=O) groups excluding carboxylic acids is 1. The predicted molar refractivity (Wildman–Crippen MR) is 92.2 cm³/mol. The number of phenolic OH excluding ortho intramolecular Hbond substituents is 1. The Bertz CT molecular complexity index is 971. The fourth-order valence-electron chi connectivity index (χ4n) is 2.23. The topological polar surface area (TPSA) is 88.0 Å². The summed E-state index contributed by atoms with van der Waals surface area (Å²) in [7, 11) is 0. The van der Waals surface area contributed by atoms with Gasteiger partial charge < -0.3 is 10.4 Å². The number of nitrogens with one attached hydrogen (secondary N) is 1. The van der Waals surface area contributed by atoms with Gasteiger partial charge in [0.05, 0.1) is 0 Å². The summed E-state index contributed by atoms with van der Waals surface area (Å²) in [6.07, 6.45) is -0.924. The lowest BCUT2D eigenvalue weighted by Crippen LogP contribution is -2.23. The zero-order chi connectivity index (χ0) is 19.6. The van der Waals surface area contributed by atoms with Crippen LogP contribution in [0.15, 0.2) is 36.8 Å². The Hall–Kier alpha value is -3.01. The van der Waals surface area contributed by atoms with Gasteiger partial charge in [0.15, 0.2) is 0 Å². The smallest absolute Gasteiger partial charge is 0.451 e.